The molecule has 0 aliphatic heterocycles. The van der Waals surface area contributed by atoms with Crippen molar-refractivity contribution in [2.75, 3.05) is 5.32 Å². The standard InChI is InChI=1S/C25H22F2N4O2/c26-18-7-5-17(6-8-18)23-24(31(15-29-23)14-16-3-1-2-4-16)21-9-10-22(33-21)25(32)30-20-11-12-28-13-19(20)27/h5-13,15-16H,1-4,14H2,(H,28,30,32). The quantitative estimate of drug-likeness (QED) is 0.397. The lowest BCUT2D eigenvalue weighted by Crippen LogP contribution is -2.12. The van der Waals surface area contributed by atoms with Gasteiger partial charge in [0.25, 0.3) is 5.91 Å². The number of benzene rings is 1. The molecule has 1 amide bonds. The van der Waals surface area contributed by atoms with Crippen LogP contribution in [0.2, 0.25) is 0 Å². The van der Waals surface area contributed by atoms with Crippen molar-refractivity contribution < 1.29 is 18.0 Å². The van der Waals surface area contributed by atoms with Gasteiger partial charge in [-0.25, -0.2) is 13.8 Å². The molecule has 1 fully saturated rings. The monoisotopic (exact) mass is 448 g/mol. The van der Waals surface area contributed by atoms with Crippen molar-refractivity contribution in [2.24, 2.45) is 5.92 Å². The number of halogens is 2. The highest BCUT2D eigenvalue weighted by Crippen LogP contribution is 2.35. The second kappa shape index (κ2) is 8.97. The minimum atomic E-state index is -0.633. The zero-order chi connectivity index (χ0) is 22.8. The van der Waals surface area contributed by atoms with Gasteiger partial charge in [0.15, 0.2) is 17.3 Å². The number of hydrogen-bond donors (Lipinski definition) is 1. The van der Waals surface area contributed by atoms with Crippen molar-refractivity contribution in [3.05, 3.63) is 78.6 Å². The third-order valence-electron chi connectivity index (χ3n) is 5.97. The number of aromatic nitrogens is 3. The molecule has 1 saturated carbocycles. The zero-order valence-corrected chi connectivity index (χ0v) is 17.8. The molecule has 0 spiro atoms. The van der Waals surface area contributed by atoms with E-state index in [-0.39, 0.29) is 17.3 Å². The normalized spacial score (nSPS) is 14.0. The van der Waals surface area contributed by atoms with E-state index in [1.807, 2.05) is 4.57 Å². The molecule has 6 nitrogen and oxygen atoms in total. The van der Waals surface area contributed by atoms with Gasteiger partial charge in [-0.1, -0.05) is 12.8 Å². The van der Waals surface area contributed by atoms with Gasteiger partial charge in [-0.3, -0.25) is 9.78 Å². The van der Waals surface area contributed by atoms with E-state index in [4.69, 9.17) is 4.42 Å². The maximum absolute atomic E-state index is 13.9. The van der Waals surface area contributed by atoms with E-state index in [1.54, 1.807) is 30.6 Å². The molecule has 0 saturated heterocycles. The maximum atomic E-state index is 13.9. The van der Waals surface area contributed by atoms with Gasteiger partial charge in [-0.05, 0) is 61.2 Å². The number of hydrogen-bond acceptors (Lipinski definition) is 4. The second-order valence-corrected chi connectivity index (χ2v) is 8.23. The Balaban J connectivity index is 1.49. The summed E-state index contributed by atoms with van der Waals surface area (Å²) in [5, 5.41) is 2.50. The van der Waals surface area contributed by atoms with Gasteiger partial charge >= 0.3 is 0 Å². The summed E-state index contributed by atoms with van der Waals surface area (Å²) in [4.78, 5) is 20.9. The molecule has 1 aliphatic rings. The molecule has 0 atom stereocenters. The first-order valence-electron chi connectivity index (χ1n) is 10.9. The van der Waals surface area contributed by atoms with E-state index in [1.165, 1.54) is 37.2 Å². The predicted molar refractivity (Wildman–Crippen MR) is 119 cm³/mol. The van der Waals surface area contributed by atoms with Gasteiger partial charge in [-0.15, -0.1) is 0 Å². The average Bonchev–Trinajstić information content (AvgIpc) is 3.57. The van der Waals surface area contributed by atoms with E-state index in [9.17, 15) is 13.6 Å². The van der Waals surface area contributed by atoms with Gasteiger partial charge in [0.2, 0.25) is 0 Å². The highest BCUT2D eigenvalue weighted by atomic mass is 19.1. The van der Waals surface area contributed by atoms with E-state index in [2.05, 4.69) is 15.3 Å². The number of carbonyl (C=O) groups excluding carboxylic acids is 1. The molecule has 1 aromatic carbocycles. The lowest BCUT2D eigenvalue weighted by atomic mass is 10.1. The Hall–Kier alpha value is -3.81. The lowest BCUT2D eigenvalue weighted by molar-refractivity contribution is 0.0997. The number of imidazole rings is 1. The molecule has 0 unspecified atom stereocenters. The van der Waals surface area contributed by atoms with Gasteiger partial charge in [0.05, 0.1) is 23.9 Å². The molecule has 5 rings (SSSR count). The Kier molecular flexibility index (Phi) is 5.73. The zero-order valence-electron chi connectivity index (χ0n) is 17.8. The van der Waals surface area contributed by atoms with Crippen LogP contribution in [0.5, 0.6) is 0 Å². The van der Waals surface area contributed by atoms with Crippen LogP contribution in [0.4, 0.5) is 14.5 Å². The number of pyridine rings is 1. The highest BCUT2D eigenvalue weighted by molar-refractivity contribution is 6.02. The number of furan rings is 1. The van der Waals surface area contributed by atoms with Crippen LogP contribution in [0.3, 0.4) is 0 Å². The lowest BCUT2D eigenvalue weighted by Gasteiger charge is -2.13. The molecular weight excluding hydrogens is 426 g/mol. The van der Waals surface area contributed by atoms with Gasteiger partial charge in [0, 0.05) is 18.3 Å². The van der Waals surface area contributed by atoms with Crippen molar-refractivity contribution >= 4 is 11.6 Å². The molecule has 3 heterocycles. The van der Waals surface area contributed by atoms with Crippen LogP contribution < -0.4 is 5.32 Å². The van der Waals surface area contributed by atoms with Crippen LogP contribution in [0.25, 0.3) is 22.7 Å². The summed E-state index contributed by atoms with van der Waals surface area (Å²) in [6, 6.07) is 10.7. The number of rotatable bonds is 6. The van der Waals surface area contributed by atoms with Gasteiger partial charge in [-0.2, -0.15) is 0 Å². The molecule has 168 valence electrons. The number of carbonyl (C=O) groups is 1. The third kappa shape index (κ3) is 4.41. The summed E-state index contributed by atoms with van der Waals surface area (Å²) in [5.41, 5.74) is 2.14. The van der Waals surface area contributed by atoms with E-state index in [0.717, 1.165) is 36.8 Å². The Bertz CT molecular complexity index is 1270. The summed E-state index contributed by atoms with van der Waals surface area (Å²) < 4.78 is 35.3. The highest BCUT2D eigenvalue weighted by Gasteiger charge is 2.23. The minimum absolute atomic E-state index is 0.0197. The van der Waals surface area contributed by atoms with E-state index < -0.39 is 11.7 Å². The molecule has 8 heteroatoms. The number of amides is 1. The molecule has 3 aromatic heterocycles. The average molecular weight is 448 g/mol. The summed E-state index contributed by atoms with van der Waals surface area (Å²) in [5.74, 6) is -0.482. The summed E-state index contributed by atoms with van der Waals surface area (Å²) in [7, 11) is 0. The van der Waals surface area contributed by atoms with Gasteiger partial charge < -0.3 is 14.3 Å². The number of nitrogens with one attached hydrogen (secondary N) is 1. The first kappa shape index (κ1) is 21.1. The van der Waals surface area contributed by atoms with Crippen molar-refractivity contribution in [1.82, 2.24) is 14.5 Å². The molecule has 1 N–H and O–H groups in total. The largest absolute Gasteiger partial charge is 0.449 e. The van der Waals surface area contributed by atoms with E-state index >= 15 is 0 Å². The fraction of sp³-hybridized carbons (Fsp3) is 0.240. The van der Waals surface area contributed by atoms with Crippen LogP contribution >= 0.6 is 0 Å². The Morgan fingerprint density at radius 3 is 2.64 bits per heavy atom. The van der Waals surface area contributed by atoms with Crippen LogP contribution in [-0.4, -0.2) is 20.4 Å². The fourth-order valence-corrected chi connectivity index (χ4v) is 4.32. The number of anilines is 1. The maximum Gasteiger partial charge on any atom is 0.291 e. The number of nitrogens with zero attached hydrogens (tertiary/aromatic N) is 3. The van der Waals surface area contributed by atoms with Crippen LogP contribution in [0.1, 0.15) is 36.2 Å². The Labute approximate surface area is 189 Å². The van der Waals surface area contributed by atoms with Crippen LogP contribution in [0, 0.1) is 17.6 Å². The Morgan fingerprint density at radius 1 is 1.09 bits per heavy atom. The van der Waals surface area contributed by atoms with Crippen LogP contribution in [-0.2, 0) is 6.54 Å². The fourth-order valence-electron chi connectivity index (χ4n) is 4.32. The second-order valence-electron chi connectivity index (χ2n) is 8.23. The SMILES string of the molecule is O=C(Nc1ccncc1F)c1ccc(-c2c(-c3ccc(F)cc3)ncn2CC2CCCC2)o1. The first-order chi connectivity index (χ1) is 16.1. The summed E-state index contributed by atoms with van der Waals surface area (Å²) >= 11 is 0. The summed E-state index contributed by atoms with van der Waals surface area (Å²) in [6.07, 6.45) is 8.94. The Morgan fingerprint density at radius 2 is 1.88 bits per heavy atom. The van der Waals surface area contributed by atoms with Crippen molar-refractivity contribution in [2.45, 2.75) is 32.2 Å². The molecular formula is C25H22F2N4O2. The van der Waals surface area contributed by atoms with Gasteiger partial charge in [0.1, 0.15) is 11.5 Å². The topological polar surface area (TPSA) is 73.0 Å². The molecule has 1 aliphatic carbocycles. The van der Waals surface area contributed by atoms with Crippen molar-refractivity contribution in [1.29, 1.82) is 0 Å². The molecule has 0 radical (unpaired) electrons. The molecule has 4 aromatic rings. The molecule has 0 bridgehead atoms. The van der Waals surface area contributed by atoms with Crippen molar-refractivity contribution in [3.63, 3.8) is 0 Å². The smallest absolute Gasteiger partial charge is 0.291 e. The van der Waals surface area contributed by atoms with Crippen LogP contribution in [0.15, 0.2) is 65.6 Å². The third-order valence-corrected chi connectivity index (χ3v) is 5.97. The molecule has 33 heavy (non-hydrogen) atoms. The minimum Gasteiger partial charge on any atom is -0.449 e. The van der Waals surface area contributed by atoms with Crippen molar-refractivity contribution in [3.8, 4) is 22.7 Å². The summed E-state index contributed by atoms with van der Waals surface area (Å²) in [6.45, 7) is 0.786. The van der Waals surface area contributed by atoms with E-state index in [0.29, 0.717) is 17.4 Å². The first-order valence-corrected chi connectivity index (χ1v) is 10.9. The predicted octanol–water partition coefficient (Wildman–Crippen LogP) is 5.93.